The van der Waals surface area contributed by atoms with Gasteiger partial charge >= 0.3 is 0 Å². The van der Waals surface area contributed by atoms with Crippen LogP contribution in [0.5, 0.6) is 0 Å². The van der Waals surface area contributed by atoms with Crippen LogP contribution in [-0.4, -0.2) is 50.5 Å². The van der Waals surface area contributed by atoms with Crippen molar-refractivity contribution in [2.75, 3.05) is 23.7 Å². The fraction of sp³-hybridized carbons (Fsp3) is 0.286. The summed E-state index contributed by atoms with van der Waals surface area (Å²) < 4.78 is 27.5. The van der Waals surface area contributed by atoms with Crippen molar-refractivity contribution in [2.45, 2.75) is 32.9 Å². The summed E-state index contributed by atoms with van der Waals surface area (Å²) in [6.45, 7) is 3.94. The number of likely N-dealkylation sites (N-methyl/N-ethyl adjacent to an activating group) is 1. The number of sulfonamides is 1. The quantitative estimate of drug-likeness (QED) is 0.322. The minimum absolute atomic E-state index is 0.166. The van der Waals surface area contributed by atoms with Crippen LogP contribution in [0.3, 0.4) is 0 Å². The summed E-state index contributed by atoms with van der Waals surface area (Å²) in [5, 5.41) is 2.85. The molecule has 196 valence electrons. The third-order valence-electron chi connectivity index (χ3n) is 5.85. The van der Waals surface area contributed by atoms with Crippen molar-refractivity contribution in [2.24, 2.45) is 0 Å². The zero-order valence-corrected chi connectivity index (χ0v) is 24.2. The Morgan fingerprint density at radius 1 is 0.946 bits per heavy atom. The summed E-state index contributed by atoms with van der Waals surface area (Å²) in [6.07, 6.45) is 1.38. The van der Waals surface area contributed by atoms with E-state index in [4.69, 9.17) is 0 Å². The second-order valence-corrected chi connectivity index (χ2v) is 12.0. The molecule has 0 fully saturated rings. The van der Waals surface area contributed by atoms with Gasteiger partial charge in [-0.2, -0.15) is 0 Å². The molecule has 9 heteroatoms. The largest absolute Gasteiger partial charge is 0.355 e. The number of halogens is 1. The Morgan fingerprint density at radius 2 is 1.59 bits per heavy atom. The first-order valence-corrected chi connectivity index (χ1v) is 14.9. The molecule has 0 aliphatic carbocycles. The van der Waals surface area contributed by atoms with Crippen LogP contribution in [0.25, 0.3) is 0 Å². The highest BCUT2D eigenvalue weighted by Gasteiger charge is 2.32. The van der Waals surface area contributed by atoms with Crippen LogP contribution < -0.4 is 9.62 Å². The van der Waals surface area contributed by atoms with Crippen molar-refractivity contribution in [3.05, 3.63) is 99.1 Å². The van der Waals surface area contributed by atoms with Gasteiger partial charge in [-0.3, -0.25) is 13.9 Å². The van der Waals surface area contributed by atoms with Crippen LogP contribution in [0.4, 0.5) is 5.69 Å². The first-order valence-electron chi connectivity index (χ1n) is 12.0. The Balaban J connectivity index is 2.03. The predicted octanol–water partition coefficient (Wildman–Crippen LogP) is 4.14. The van der Waals surface area contributed by atoms with E-state index < -0.39 is 28.5 Å². The molecule has 2 amide bonds. The van der Waals surface area contributed by atoms with Crippen LogP contribution in [-0.2, 0) is 32.6 Å². The fourth-order valence-corrected chi connectivity index (χ4v) is 5.28. The van der Waals surface area contributed by atoms with Crippen molar-refractivity contribution in [1.82, 2.24) is 10.2 Å². The average Bonchev–Trinajstić information content (AvgIpc) is 2.85. The molecule has 3 aromatic rings. The number of nitrogens with one attached hydrogen (secondary N) is 1. The summed E-state index contributed by atoms with van der Waals surface area (Å²) in [4.78, 5) is 28.7. The third-order valence-corrected chi connectivity index (χ3v) is 7.71. The number of rotatable bonds is 11. The normalized spacial score (nSPS) is 12.0. The van der Waals surface area contributed by atoms with Crippen LogP contribution in [0.1, 0.15) is 23.6 Å². The third kappa shape index (κ3) is 8.29. The van der Waals surface area contributed by atoms with Crippen LogP contribution >= 0.6 is 22.6 Å². The molecular formula is C28H32IN3O4S. The first-order chi connectivity index (χ1) is 17.6. The Labute approximate surface area is 233 Å². The van der Waals surface area contributed by atoms with E-state index in [9.17, 15) is 18.0 Å². The molecule has 7 nitrogen and oxygen atoms in total. The topological polar surface area (TPSA) is 86.8 Å². The van der Waals surface area contributed by atoms with E-state index in [1.807, 2.05) is 68.4 Å². The molecule has 0 aliphatic rings. The molecule has 1 N–H and O–H groups in total. The lowest BCUT2D eigenvalue weighted by Gasteiger charge is -2.33. The first kappa shape index (κ1) is 28.6. The summed E-state index contributed by atoms with van der Waals surface area (Å²) in [6, 6.07) is 23.3. The van der Waals surface area contributed by atoms with Crippen molar-refractivity contribution in [3.63, 3.8) is 0 Å². The van der Waals surface area contributed by atoms with E-state index in [-0.39, 0.29) is 12.5 Å². The number of anilines is 1. The number of hydrogen-bond donors (Lipinski definition) is 1. The van der Waals surface area contributed by atoms with E-state index in [1.165, 1.54) is 4.90 Å². The molecule has 0 aromatic heterocycles. The van der Waals surface area contributed by atoms with Crippen molar-refractivity contribution in [1.29, 1.82) is 0 Å². The number of hydrogen-bond acceptors (Lipinski definition) is 4. The molecule has 3 aromatic carbocycles. The smallest absolute Gasteiger partial charge is 0.244 e. The predicted molar refractivity (Wildman–Crippen MR) is 156 cm³/mol. The SMILES string of the molecule is CCNC(=O)[C@@H](Cc1ccccc1)N(Cc1cccc(C)c1)C(=O)CN(c1ccc(I)cc1)S(C)(=O)=O. The van der Waals surface area contributed by atoms with E-state index in [0.717, 1.165) is 30.8 Å². The number of nitrogens with zero attached hydrogens (tertiary/aromatic N) is 2. The van der Waals surface area contributed by atoms with Gasteiger partial charge in [0.2, 0.25) is 21.8 Å². The highest BCUT2D eigenvalue weighted by Crippen LogP contribution is 2.21. The molecule has 0 unspecified atom stereocenters. The lowest BCUT2D eigenvalue weighted by molar-refractivity contribution is -0.140. The minimum atomic E-state index is -3.77. The minimum Gasteiger partial charge on any atom is -0.355 e. The van der Waals surface area contributed by atoms with Gasteiger partial charge in [-0.05, 0) is 71.8 Å². The summed E-state index contributed by atoms with van der Waals surface area (Å²) in [7, 11) is -3.77. The fourth-order valence-electron chi connectivity index (χ4n) is 4.07. The zero-order valence-electron chi connectivity index (χ0n) is 21.2. The van der Waals surface area contributed by atoms with Gasteiger partial charge in [-0.15, -0.1) is 0 Å². The Hall–Kier alpha value is -2.92. The maximum atomic E-state index is 13.9. The molecular weight excluding hydrogens is 601 g/mol. The molecule has 0 aliphatic heterocycles. The molecule has 37 heavy (non-hydrogen) atoms. The molecule has 0 heterocycles. The van der Waals surface area contributed by atoms with Crippen LogP contribution in [0.2, 0.25) is 0 Å². The van der Waals surface area contributed by atoms with Gasteiger partial charge in [-0.1, -0.05) is 60.2 Å². The van der Waals surface area contributed by atoms with Gasteiger partial charge in [0.05, 0.1) is 11.9 Å². The molecule has 0 saturated heterocycles. The maximum Gasteiger partial charge on any atom is 0.244 e. The second kappa shape index (κ2) is 13.0. The molecule has 1 atom stereocenters. The monoisotopic (exact) mass is 633 g/mol. The van der Waals surface area contributed by atoms with Gasteiger partial charge in [-0.25, -0.2) is 8.42 Å². The maximum absolute atomic E-state index is 13.9. The van der Waals surface area contributed by atoms with Gasteiger partial charge in [0, 0.05) is 23.1 Å². The standard InChI is InChI=1S/C28H32IN3O4S/c1-4-30-28(34)26(18-22-10-6-5-7-11-22)31(19-23-12-8-9-21(2)17-23)27(33)20-32(37(3,35)36)25-15-13-24(29)14-16-25/h5-17,26H,4,18-20H2,1-3H3,(H,30,34)/t26-/m1/s1. The van der Waals surface area contributed by atoms with Gasteiger partial charge in [0.15, 0.2) is 0 Å². The van der Waals surface area contributed by atoms with Crippen molar-refractivity contribution >= 4 is 50.1 Å². The number of benzene rings is 3. The van der Waals surface area contributed by atoms with Crippen molar-refractivity contribution in [3.8, 4) is 0 Å². The number of carbonyl (C=O) groups excluding carboxylic acids is 2. The number of carbonyl (C=O) groups is 2. The van der Waals surface area contributed by atoms with Crippen LogP contribution in [0, 0.1) is 10.5 Å². The Kier molecular flexibility index (Phi) is 10.1. The summed E-state index contributed by atoms with van der Waals surface area (Å²) in [5.41, 5.74) is 3.18. The number of amides is 2. The number of aryl methyl sites for hydroxylation is 1. The second-order valence-electron chi connectivity index (χ2n) is 8.86. The van der Waals surface area contributed by atoms with E-state index in [1.54, 1.807) is 24.3 Å². The molecule has 0 saturated carbocycles. The van der Waals surface area contributed by atoms with E-state index in [0.29, 0.717) is 18.7 Å². The van der Waals surface area contributed by atoms with E-state index >= 15 is 0 Å². The van der Waals surface area contributed by atoms with Gasteiger partial charge < -0.3 is 10.2 Å². The Morgan fingerprint density at radius 3 is 2.19 bits per heavy atom. The highest BCUT2D eigenvalue weighted by molar-refractivity contribution is 14.1. The lowest BCUT2D eigenvalue weighted by Crippen LogP contribution is -2.53. The molecule has 0 radical (unpaired) electrons. The van der Waals surface area contributed by atoms with Crippen molar-refractivity contribution < 1.29 is 18.0 Å². The van der Waals surface area contributed by atoms with Gasteiger partial charge in [0.25, 0.3) is 0 Å². The average molecular weight is 634 g/mol. The van der Waals surface area contributed by atoms with Crippen LogP contribution in [0.15, 0.2) is 78.9 Å². The zero-order chi connectivity index (χ0) is 27.0. The summed E-state index contributed by atoms with van der Waals surface area (Å²) >= 11 is 2.14. The molecule has 0 spiro atoms. The summed E-state index contributed by atoms with van der Waals surface area (Å²) in [5.74, 6) is -0.745. The van der Waals surface area contributed by atoms with Gasteiger partial charge in [0.1, 0.15) is 12.6 Å². The molecule has 0 bridgehead atoms. The van der Waals surface area contributed by atoms with E-state index in [2.05, 4.69) is 27.9 Å². The molecule has 3 rings (SSSR count). The Bertz CT molecular complexity index is 1310. The lowest BCUT2D eigenvalue weighted by atomic mass is 10.0. The highest BCUT2D eigenvalue weighted by atomic mass is 127.